The van der Waals surface area contributed by atoms with Crippen LogP contribution in [0.5, 0.6) is 0 Å². The molecule has 5 heteroatoms. The highest BCUT2D eigenvalue weighted by Crippen LogP contribution is 2.26. The lowest BCUT2D eigenvalue weighted by atomic mass is 10.1. The first kappa shape index (κ1) is 12.4. The van der Waals surface area contributed by atoms with E-state index in [0.717, 1.165) is 15.6 Å². The van der Waals surface area contributed by atoms with Gasteiger partial charge in [-0.3, -0.25) is 0 Å². The molecule has 2 N–H and O–H groups in total. The van der Waals surface area contributed by atoms with Gasteiger partial charge in [-0.2, -0.15) is 0 Å². The van der Waals surface area contributed by atoms with Crippen molar-refractivity contribution < 1.29 is 0 Å². The van der Waals surface area contributed by atoms with Crippen LogP contribution in [-0.2, 0) is 0 Å². The van der Waals surface area contributed by atoms with E-state index in [2.05, 4.69) is 9.97 Å². The molecule has 0 aliphatic carbocycles. The molecular formula is C12H12ClN3S. The van der Waals surface area contributed by atoms with Crippen molar-refractivity contribution in [2.75, 3.05) is 0 Å². The summed E-state index contributed by atoms with van der Waals surface area (Å²) in [6, 6.07) is 7.59. The maximum absolute atomic E-state index is 5.83. The van der Waals surface area contributed by atoms with Crippen LogP contribution in [0.25, 0.3) is 0 Å². The van der Waals surface area contributed by atoms with Crippen LogP contribution in [0.1, 0.15) is 18.5 Å². The largest absolute Gasteiger partial charge is 0.324 e. The molecule has 2 aromatic rings. The number of hydrogen-bond acceptors (Lipinski definition) is 4. The number of pyridine rings is 2. The Kier molecular flexibility index (Phi) is 3.99. The van der Waals surface area contributed by atoms with Crippen molar-refractivity contribution in [1.29, 1.82) is 0 Å². The summed E-state index contributed by atoms with van der Waals surface area (Å²) in [5.74, 6) is 0. The first-order chi connectivity index (χ1) is 8.15. The van der Waals surface area contributed by atoms with Crippen LogP contribution in [0, 0.1) is 0 Å². The Morgan fingerprint density at radius 1 is 1.24 bits per heavy atom. The summed E-state index contributed by atoms with van der Waals surface area (Å²) >= 11 is 7.27. The molecule has 0 fully saturated rings. The van der Waals surface area contributed by atoms with Gasteiger partial charge in [-0.15, -0.1) is 0 Å². The highest BCUT2D eigenvalue weighted by Gasteiger charge is 2.04. The van der Waals surface area contributed by atoms with Gasteiger partial charge in [-0.05, 0) is 36.8 Å². The fraction of sp³-hybridized carbons (Fsp3) is 0.167. The number of hydrogen-bond donors (Lipinski definition) is 1. The molecule has 1 atom stereocenters. The summed E-state index contributed by atoms with van der Waals surface area (Å²) in [5, 5.41) is 2.38. The molecule has 0 aliphatic rings. The molecule has 3 nitrogen and oxygen atoms in total. The molecule has 17 heavy (non-hydrogen) atoms. The second-order valence-electron chi connectivity index (χ2n) is 3.63. The third-order valence-electron chi connectivity index (χ3n) is 2.19. The van der Waals surface area contributed by atoms with E-state index in [1.54, 1.807) is 12.4 Å². The van der Waals surface area contributed by atoms with Crippen LogP contribution in [0.2, 0.25) is 5.02 Å². The Bertz CT molecular complexity index is 499. The molecular weight excluding hydrogens is 254 g/mol. The number of aromatic nitrogens is 2. The van der Waals surface area contributed by atoms with E-state index in [0.29, 0.717) is 5.02 Å². The van der Waals surface area contributed by atoms with E-state index in [1.807, 2.05) is 31.2 Å². The summed E-state index contributed by atoms with van der Waals surface area (Å²) in [6.45, 7) is 1.95. The number of nitrogens with two attached hydrogens (primary N) is 1. The maximum atomic E-state index is 5.83. The lowest BCUT2D eigenvalue weighted by Gasteiger charge is -2.06. The topological polar surface area (TPSA) is 51.8 Å². The third kappa shape index (κ3) is 3.43. The first-order valence-corrected chi connectivity index (χ1v) is 6.35. The molecule has 88 valence electrons. The van der Waals surface area contributed by atoms with Gasteiger partial charge in [0.15, 0.2) is 0 Å². The molecule has 0 saturated heterocycles. The Labute approximate surface area is 109 Å². The normalized spacial score (nSPS) is 12.4. The molecule has 0 spiro atoms. The van der Waals surface area contributed by atoms with Crippen LogP contribution in [0.3, 0.4) is 0 Å². The number of rotatable bonds is 3. The molecule has 2 rings (SSSR count). The Balaban J connectivity index is 2.18. The second-order valence-corrected chi connectivity index (χ2v) is 5.11. The van der Waals surface area contributed by atoms with Gasteiger partial charge in [-0.25, -0.2) is 9.97 Å². The van der Waals surface area contributed by atoms with E-state index in [1.165, 1.54) is 11.8 Å². The standard InChI is InChI=1S/C12H12ClN3S/c1-8(14)9-4-5-15-12(6-9)17-11-3-2-10(13)7-16-11/h2-8H,14H2,1H3/t8-/m0/s1. The molecule has 0 aromatic carbocycles. The van der Waals surface area contributed by atoms with Crippen molar-refractivity contribution >= 4 is 23.4 Å². The van der Waals surface area contributed by atoms with Gasteiger partial charge in [0.2, 0.25) is 0 Å². The summed E-state index contributed by atoms with van der Waals surface area (Å²) in [5.41, 5.74) is 6.89. The summed E-state index contributed by atoms with van der Waals surface area (Å²) in [7, 11) is 0. The van der Waals surface area contributed by atoms with Crippen LogP contribution >= 0.6 is 23.4 Å². The van der Waals surface area contributed by atoms with Crippen molar-refractivity contribution in [2.24, 2.45) is 5.73 Å². The zero-order valence-corrected chi connectivity index (χ0v) is 10.9. The van der Waals surface area contributed by atoms with Crippen LogP contribution in [-0.4, -0.2) is 9.97 Å². The quantitative estimate of drug-likeness (QED) is 0.925. The van der Waals surface area contributed by atoms with Gasteiger partial charge >= 0.3 is 0 Å². The highest BCUT2D eigenvalue weighted by molar-refractivity contribution is 7.99. The van der Waals surface area contributed by atoms with Crippen molar-refractivity contribution in [2.45, 2.75) is 23.0 Å². The second kappa shape index (κ2) is 5.49. The maximum Gasteiger partial charge on any atom is 0.102 e. The fourth-order valence-corrected chi connectivity index (χ4v) is 2.17. The summed E-state index contributed by atoms with van der Waals surface area (Å²) < 4.78 is 0. The van der Waals surface area contributed by atoms with Gasteiger partial charge in [0, 0.05) is 18.4 Å². The highest BCUT2D eigenvalue weighted by atomic mass is 35.5. The fourth-order valence-electron chi connectivity index (χ4n) is 1.29. The minimum atomic E-state index is 0.00975. The van der Waals surface area contributed by atoms with E-state index in [4.69, 9.17) is 17.3 Å². The Morgan fingerprint density at radius 2 is 2.06 bits per heavy atom. The average molecular weight is 266 g/mol. The van der Waals surface area contributed by atoms with Gasteiger partial charge in [0.25, 0.3) is 0 Å². The molecule has 0 unspecified atom stereocenters. The summed E-state index contributed by atoms with van der Waals surface area (Å²) in [6.07, 6.45) is 3.39. The molecule has 0 aliphatic heterocycles. The van der Waals surface area contributed by atoms with Gasteiger partial charge in [-0.1, -0.05) is 23.4 Å². The zero-order valence-electron chi connectivity index (χ0n) is 9.30. The Hall–Kier alpha value is -1.10. The van der Waals surface area contributed by atoms with E-state index in [9.17, 15) is 0 Å². The van der Waals surface area contributed by atoms with Gasteiger partial charge < -0.3 is 5.73 Å². The molecule has 0 saturated carbocycles. The third-order valence-corrected chi connectivity index (χ3v) is 3.30. The monoisotopic (exact) mass is 265 g/mol. The zero-order chi connectivity index (χ0) is 12.3. The van der Waals surface area contributed by atoms with E-state index in [-0.39, 0.29) is 6.04 Å². The minimum absolute atomic E-state index is 0.00975. The molecule has 0 bridgehead atoms. The predicted octanol–water partition coefficient (Wildman–Crippen LogP) is 3.30. The number of halogens is 1. The minimum Gasteiger partial charge on any atom is -0.324 e. The molecule has 2 heterocycles. The van der Waals surface area contributed by atoms with E-state index < -0.39 is 0 Å². The lowest BCUT2D eigenvalue weighted by molar-refractivity contribution is 0.808. The van der Waals surface area contributed by atoms with E-state index >= 15 is 0 Å². The first-order valence-electron chi connectivity index (χ1n) is 5.16. The van der Waals surface area contributed by atoms with Crippen molar-refractivity contribution in [1.82, 2.24) is 9.97 Å². The average Bonchev–Trinajstić information content (AvgIpc) is 2.32. The van der Waals surface area contributed by atoms with Crippen molar-refractivity contribution in [3.8, 4) is 0 Å². The van der Waals surface area contributed by atoms with Crippen LogP contribution in [0.15, 0.2) is 46.7 Å². The predicted molar refractivity (Wildman–Crippen MR) is 70.2 cm³/mol. The van der Waals surface area contributed by atoms with Gasteiger partial charge in [0.1, 0.15) is 10.1 Å². The van der Waals surface area contributed by atoms with Crippen molar-refractivity contribution in [3.63, 3.8) is 0 Å². The molecule has 2 aromatic heterocycles. The molecule has 0 radical (unpaired) electrons. The van der Waals surface area contributed by atoms with Crippen molar-refractivity contribution in [3.05, 3.63) is 47.2 Å². The van der Waals surface area contributed by atoms with Gasteiger partial charge in [0.05, 0.1) is 5.02 Å². The van der Waals surface area contributed by atoms with Crippen LogP contribution < -0.4 is 5.73 Å². The van der Waals surface area contributed by atoms with Crippen LogP contribution in [0.4, 0.5) is 0 Å². The summed E-state index contributed by atoms with van der Waals surface area (Å²) in [4.78, 5) is 8.48. The number of nitrogens with zero attached hydrogens (tertiary/aromatic N) is 2. The molecule has 0 amide bonds. The lowest BCUT2D eigenvalue weighted by Crippen LogP contribution is -2.04. The Morgan fingerprint density at radius 3 is 2.71 bits per heavy atom. The smallest absolute Gasteiger partial charge is 0.102 e. The SMILES string of the molecule is C[C@H](N)c1ccnc(Sc2ccc(Cl)cn2)c1.